The van der Waals surface area contributed by atoms with Gasteiger partial charge in [-0.3, -0.25) is 19.3 Å². The zero-order valence-corrected chi connectivity index (χ0v) is 15.9. The summed E-state index contributed by atoms with van der Waals surface area (Å²) in [5, 5.41) is 14.2. The Labute approximate surface area is 168 Å². The monoisotopic (exact) mass is 390 g/mol. The molecule has 6 nitrogen and oxygen atoms in total. The molecule has 3 aliphatic rings. The van der Waals surface area contributed by atoms with Gasteiger partial charge in [-0.05, 0) is 30.5 Å². The van der Waals surface area contributed by atoms with Crippen LogP contribution in [0.3, 0.4) is 0 Å². The van der Waals surface area contributed by atoms with Crippen molar-refractivity contribution in [1.82, 2.24) is 4.90 Å². The van der Waals surface area contributed by atoms with Gasteiger partial charge in [0.25, 0.3) is 5.91 Å². The van der Waals surface area contributed by atoms with Crippen LogP contribution in [-0.4, -0.2) is 39.7 Å². The number of amides is 2. The van der Waals surface area contributed by atoms with Gasteiger partial charge in [-0.15, -0.1) is 0 Å². The SMILES string of the molecule is O=C1C(O)C(C2(c3ccccc3)Nc3ccccc3C2=O)C(=O)N1C1CCCC1. The lowest BCUT2D eigenvalue weighted by Crippen LogP contribution is -2.52. The van der Waals surface area contributed by atoms with Gasteiger partial charge in [0.05, 0.1) is 0 Å². The van der Waals surface area contributed by atoms with Crippen molar-refractivity contribution in [2.24, 2.45) is 5.92 Å². The highest BCUT2D eigenvalue weighted by Crippen LogP contribution is 2.48. The van der Waals surface area contributed by atoms with Crippen molar-refractivity contribution < 1.29 is 19.5 Å². The first-order valence-electron chi connectivity index (χ1n) is 10.1. The fraction of sp³-hybridized carbons (Fsp3) is 0.348. The smallest absolute Gasteiger partial charge is 0.259 e. The molecule has 2 aromatic carbocycles. The molecule has 0 spiro atoms. The predicted octanol–water partition coefficient (Wildman–Crippen LogP) is 2.48. The molecule has 0 aromatic heterocycles. The van der Waals surface area contributed by atoms with Gasteiger partial charge in [0, 0.05) is 17.3 Å². The molecular weight excluding hydrogens is 368 g/mol. The Hall–Kier alpha value is -2.99. The first kappa shape index (κ1) is 18.1. The third kappa shape index (κ3) is 2.42. The highest BCUT2D eigenvalue weighted by Gasteiger charge is 2.64. The van der Waals surface area contributed by atoms with Gasteiger partial charge in [-0.1, -0.05) is 55.3 Å². The number of carbonyl (C=O) groups excluding carboxylic acids is 3. The molecule has 5 rings (SSSR count). The van der Waals surface area contributed by atoms with Crippen molar-refractivity contribution in [3.8, 4) is 0 Å². The number of hydrogen-bond donors (Lipinski definition) is 2. The highest BCUT2D eigenvalue weighted by atomic mass is 16.3. The Kier molecular flexibility index (Phi) is 4.06. The zero-order valence-electron chi connectivity index (χ0n) is 15.9. The standard InChI is InChI=1S/C23H22N2O4/c26-19-18(21(28)25(22(19)29)15-10-4-5-11-15)23(14-8-2-1-3-9-14)20(27)16-12-6-7-13-17(16)24-23/h1-3,6-9,12-13,15,18-19,24,26H,4-5,10-11H2. The average molecular weight is 390 g/mol. The molecular formula is C23H22N2O4. The van der Waals surface area contributed by atoms with Crippen LogP contribution < -0.4 is 5.32 Å². The third-order valence-corrected chi connectivity index (χ3v) is 6.56. The van der Waals surface area contributed by atoms with Crippen LogP contribution >= 0.6 is 0 Å². The summed E-state index contributed by atoms with van der Waals surface area (Å²) in [6, 6.07) is 15.8. The largest absolute Gasteiger partial charge is 0.382 e. The summed E-state index contributed by atoms with van der Waals surface area (Å²) >= 11 is 0. The topological polar surface area (TPSA) is 86.7 Å². The minimum Gasteiger partial charge on any atom is -0.382 e. The fourth-order valence-corrected chi connectivity index (χ4v) is 5.20. The molecule has 2 N–H and O–H groups in total. The van der Waals surface area contributed by atoms with Crippen LogP contribution in [0.25, 0.3) is 0 Å². The van der Waals surface area contributed by atoms with E-state index in [0.717, 1.165) is 25.7 Å². The Morgan fingerprint density at radius 3 is 2.24 bits per heavy atom. The zero-order chi connectivity index (χ0) is 20.2. The van der Waals surface area contributed by atoms with Crippen molar-refractivity contribution in [2.45, 2.75) is 43.4 Å². The van der Waals surface area contributed by atoms with E-state index in [1.807, 2.05) is 12.1 Å². The Morgan fingerprint density at radius 2 is 1.55 bits per heavy atom. The summed E-state index contributed by atoms with van der Waals surface area (Å²) in [6.07, 6.45) is 1.84. The summed E-state index contributed by atoms with van der Waals surface area (Å²) in [4.78, 5) is 41.4. The second-order valence-corrected chi connectivity index (χ2v) is 8.08. The first-order chi connectivity index (χ1) is 14.1. The molecule has 2 aromatic rings. The minimum atomic E-state index is -1.56. The number of fused-ring (bicyclic) bond motifs is 1. The van der Waals surface area contributed by atoms with Crippen LogP contribution in [0.2, 0.25) is 0 Å². The number of carbonyl (C=O) groups is 3. The van der Waals surface area contributed by atoms with Crippen LogP contribution in [0, 0.1) is 5.92 Å². The number of ketones is 1. The Bertz CT molecular complexity index is 999. The number of aliphatic hydroxyl groups excluding tert-OH is 1. The third-order valence-electron chi connectivity index (χ3n) is 6.56. The summed E-state index contributed by atoms with van der Waals surface area (Å²) < 4.78 is 0. The number of nitrogens with zero attached hydrogens (tertiary/aromatic N) is 1. The van der Waals surface area contributed by atoms with E-state index in [0.29, 0.717) is 16.8 Å². The second-order valence-electron chi connectivity index (χ2n) is 8.08. The predicted molar refractivity (Wildman–Crippen MR) is 106 cm³/mol. The Morgan fingerprint density at radius 1 is 0.897 bits per heavy atom. The van der Waals surface area contributed by atoms with Crippen LogP contribution in [0.15, 0.2) is 54.6 Å². The molecule has 0 radical (unpaired) electrons. The van der Waals surface area contributed by atoms with Gasteiger partial charge in [0.2, 0.25) is 5.91 Å². The van der Waals surface area contributed by atoms with Gasteiger partial charge >= 0.3 is 0 Å². The number of imide groups is 1. The molecule has 2 aliphatic heterocycles. The normalized spacial score (nSPS) is 29.4. The molecule has 1 saturated heterocycles. The molecule has 2 fully saturated rings. The maximum atomic E-state index is 13.7. The van der Waals surface area contributed by atoms with E-state index in [2.05, 4.69) is 5.32 Å². The number of Topliss-reactive ketones (excluding diaryl/α,β-unsaturated/α-hetero) is 1. The lowest BCUT2D eigenvalue weighted by atomic mass is 9.73. The van der Waals surface area contributed by atoms with Gasteiger partial charge in [-0.2, -0.15) is 0 Å². The van der Waals surface area contributed by atoms with E-state index in [4.69, 9.17) is 0 Å². The first-order valence-corrected chi connectivity index (χ1v) is 10.1. The van der Waals surface area contributed by atoms with Crippen molar-refractivity contribution in [2.75, 3.05) is 5.32 Å². The lowest BCUT2D eigenvalue weighted by molar-refractivity contribution is -0.143. The van der Waals surface area contributed by atoms with E-state index in [1.165, 1.54) is 4.90 Å². The summed E-state index contributed by atoms with van der Waals surface area (Å²) in [7, 11) is 0. The molecule has 1 saturated carbocycles. The maximum Gasteiger partial charge on any atom is 0.259 e. The number of para-hydroxylation sites is 1. The number of hydrogen-bond acceptors (Lipinski definition) is 5. The number of likely N-dealkylation sites (tertiary alicyclic amines) is 1. The number of aliphatic hydroxyl groups is 1. The molecule has 2 amide bonds. The lowest BCUT2D eigenvalue weighted by Gasteiger charge is -2.35. The van der Waals surface area contributed by atoms with E-state index < -0.39 is 29.4 Å². The van der Waals surface area contributed by atoms with Crippen molar-refractivity contribution in [3.63, 3.8) is 0 Å². The van der Waals surface area contributed by atoms with E-state index in [-0.39, 0.29) is 11.8 Å². The maximum absolute atomic E-state index is 13.7. The molecule has 1 aliphatic carbocycles. The van der Waals surface area contributed by atoms with E-state index in [9.17, 15) is 19.5 Å². The highest BCUT2D eigenvalue weighted by molar-refractivity contribution is 6.19. The number of nitrogens with one attached hydrogen (secondary N) is 1. The van der Waals surface area contributed by atoms with Gasteiger partial charge in [0.15, 0.2) is 5.78 Å². The molecule has 148 valence electrons. The molecule has 6 heteroatoms. The van der Waals surface area contributed by atoms with Crippen LogP contribution in [0.5, 0.6) is 0 Å². The summed E-state index contributed by atoms with van der Waals surface area (Å²) in [5.41, 5.74) is 0.126. The van der Waals surface area contributed by atoms with Crippen LogP contribution in [0.4, 0.5) is 5.69 Å². The Balaban J connectivity index is 1.66. The molecule has 3 unspecified atom stereocenters. The van der Waals surface area contributed by atoms with Crippen LogP contribution in [-0.2, 0) is 15.1 Å². The van der Waals surface area contributed by atoms with Crippen LogP contribution in [0.1, 0.15) is 41.6 Å². The average Bonchev–Trinajstić information content (AvgIpc) is 3.42. The van der Waals surface area contributed by atoms with Crippen molar-refractivity contribution in [1.29, 1.82) is 0 Å². The second kappa shape index (κ2) is 6.52. The van der Waals surface area contributed by atoms with Crippen molar-refractivity contribution >= 4 is 23.3 Å². The van der Waals surface area contributed by atoms with Gasteiger partial charge in [0.1, 0.15) is 17.6 Å². The number of anilines is 1. The summed E-state index contributed by atoms with van der Waals surface area (Å²) in [6.45, 7) is 0. The molecule has 3 atom stereocenters. The molecule has 0 bridgehead atoms. The molecule has 29 heavy (non-hydrogen) atoms. The fourth-order valence-electron chi connectivity index (χ4n) is 5.20. The number of rotatable bonds is 3. The van der Waals surface area contributed by atoms with Gasteiger partial charge in [-0.25, -0.2) is 0 Å². The van der Waals surface area contributed by atoms with Crippen molar-refractivity contribution in [3.05, 3.63) is 65.7 Å². The minimum absolute atomic E-state index is 0.193. The quantitative estimate of drug-likeness (QED) is 0.787. The number of benzene rings is 2. The van der Waals surface area contributed by atoms with Gasteiger partial charge < -0.3 is 10.4 Å². The summed E-state index contributed by atoms with van der Waals surface area (Å²) in [5.74, 6) is -2.56. The molecule has 2 heterocycles. The van der Waals surface area contributed by atoms with E-state index >= 15 is 0 Å². The van der Waals surface area contributed by atoms with E-state index in [1.54, 1.807) is 42.5 Å².